The summed E-state index contributed by atoms with van der Waals surface area (Å²) in [5.41, 5.74) is 2.11. The second-order valence-electron chi connectivity index (χ2n) is 4.42. The largest absolute Gasteiger partial charge is 0.268 e. The van der Waals surface area contributed by atoms with E-state index in [9.17, 15) is 8.78 Å². The Hall–Kier alpha value is -2.56. The molecule has 100 valence electrons. The zero-order valence-electron chi connectivity index (χ0n) is 10.5. The molecule has 0 bridgehead atoms. The van der Waals surface area contributed by atoms with Crippen molar-refractivity contribution in [3.63, 3.8) is 0 Å². The van der Waals surface area contributed by atoms with Gasteiger partial charge in [0.05, 0.1) is 18.4 Å². The molecule has 3 nitrogen and oxygen atoms in total. The molecule has 20 heavy (non-hydrogen) atoms. The second-order valence-corrected chi connectivity index (χ2v) is 4.42. The molecule has 3 rings (SSSR count). The molecule has 0 unspecified atom stereocenters. The maximum Gasteiger partial charge on any atom is 0.141 e. The second kappa shape index (κ2) is 5.21. The van der Waals surface area contributed by atoms with Gasteiger partial charge in [0.2, 0.25) is 0 Å². The molecule has 0 amide bonds. The van der Waals surface area contributed by atoms with Gasteiger partial charge in [0.1, 0.15) is 11.6 Å². The van der Waals surface area contributed by atoms with Gasteiger partial charge in [-0.2, -0.15) is 5.10 Å². The predicted octanol–water partition coefficient (Wildman–Crippen LogP) is 3.27. The number of pyridine rings is 1. The molecule has 1 aromatic carbocycles. The molecule has 0 radical (unpaired) electrons. The maximum atomic E-state index is 13.2. The summed E-state index contributed by atoms with van der Waals surface area (Å²) in [7, 11) is 0. The fraction of sp³-hybridized carbons (Fsp3) is 0.0667. The number of aromatic nitrogens is 3. The van der Waals surface area contributed by atoms with Crippen LogP contribution >= 0.6 is 0 Å². The molecule has 2 heterocycles. The van der Waals surface area contributed by atoms with Crippen LogP contribution in [0, 0.1) is 11.6 Å². The highest BCUT2D eigenvalue weighted by Gasteiger charge is 2.04. The first-order valence-corrected chi connectivity index (χ1v) is 6.09. The van der Waals surface area contributed by atoms with Crippen LogP contribution in [0.3, 0.4) is 0 Å². The minimum absolute atomic E-state index is 0.300. The zero-order chi connectivity index (χ0) is 13.9. The van der Waals surface area contributed by atoms with Crippen LogP contribution in [0.2, 0.25) is 0 Å². The van der Waals surface area contributed by atoms with Gasteiger partial charge < -0.3 is 0 Å². The van der Waals surface area contributed by atoms with Gasteiger partial charge in [-0.15, -0.1) is 0 Å². The third kappa shape index (κ3) is 2.71. The smallest absolute Gasteiger partial charge is 0.141 e. The van der Waals surface area contributed by atoms with Gasteiger partial charge in [-0.25, -0.2) is 8.78 Å². The van der Waals surface area contributed by atoms with Gasteiger partial charge in [-0.3, -0.25) is 9.67 Å². The van der Waals surface area contributed by atoms with Crippen molar-refractivity contribution in [1.82, 2.24) is 14.8 Å². The SMILES string of the molecule is Fc1cncc(Cn2ccc(-c3cccc(F)c3)n2)c1. The molecule has 2 aromatic heterocycles. The molecule has 3 aromatic rings. The standard InChI is InChI=1S/C15H11F2N3/c16-13-3-1-2-12(7-13)15-4-5-20(19-15)10-11-6-14(17)9-18-8-11/h1-9H,10H2. The first kappa shape index (κ1) is 12.5. The molecule has 0 saturated heterocycles. The van der Waals surface area contributed by atoms with Crippen molar-refractivity contribution < 1.29 is 8.78 Å². The average Bonchev–Trinajstić information content (AvgIpc) is 2.87. The Bertz CT molecular complexity index is 737. The molecule has 0 aliphatic rings. The lowest BCUT2D eigenvalue weighted by Crippen LogP contribution is -2.01. The molecule has 0 aliphatic carbocycles. The van der Waals surface area contributed by atoms with Crippen molar-refractivity contribution >= 4 is 0 Å². The molecule has 0 N–H and O–H groups in total. The summed E-state index contributed by atoms with van der Waals surface area (Å²) < 4.78 is 27.9. The van der Waals surface area contributed by atoms with E-state index in [1.807, 2.05) is 0 Å². The van der Waals surface area contributed by atoms with Gasteiger partial charge >= 0.3 is 0 Å². The first-order valence-electron chi connectivity index (χ1n) is 6.09. The number of nitrogens with zero attached hydrogens (tertiary/aromatic N) is 3. The van der Waals surface area contributed by atoms with Crippen LogP contribution in [0.15, 0.2) is 55.0 Å². The summed E-state index contributed by atoms with van der Waals surface area (Å²) in [6.45, 7) is 0.417. The van der Waals surface area contributed by atoms with Crippen molar-refractivity contribution in [2.45, 2.75) is 6.54 Å². The minimum Gasteiger partial charge on any atom is -0.268 e. The fourth-order valence-electron chi connectivity index (χ4n) is 1.98. The molecule has 0 aliphatic heterocycles. The third-order valence-corrected chi connectivity index (χ3v) is 2.87. The predicted molar refractivity (Wildman–Crippen MR) is 70.9 cm³/mol. The molecule has 0 fully saturated rings. The lowest BCUT2D eigenvalue weighted by Gasteiger charge is -2.01. The van der Waals surface area contributed by atoms with E-state index in [1.165, 1.54) is 18.2 Å². The monoisotopic (exact) mass is 271 g/mol. The van der Waals surface area contributed by atoms with E-state index >= 15 is 0 Å². The Balaban J connectivity index is 1.84. The molecule has 0 spiro atoms. The highest BCUT2D eigenvalue weighted by molar-refractivity contribution is 5.58. The van der Waals surface area contributed by atoms with E-state index in [-0.39, 0.29) is 11.6 Å². The maximum absolute atomic E-state index is 13.2. The van der Waals surface area contributed by atoms with Crippen LogP contribution in [-0.4, -0.2) is 14.8 Å². The van der Waals surface area contributed by atoms with E-state index in [4.69, 9.17) is 0 Å². The topological polar surface area (TPSA) is 30.7 Å². The van der Waals surface area contributed by atoms with E-state index in [1.54, 1.807) is 35.3 Å². The minimum atomic E-state index is -0.375. The summed E-state index contributed by atoms with van der Waals surface area (Å²) in [5, 5.41) is 4.35. The van der Waals surface area contributed by atoms with E-state index in [0.29, 0.717) is 17.8 Å². The number of hydrogen-bond donors (Lipinski definition) is 0. The Kier molecular flexibility index (Phi) is 3.25. The summed E-state index contributed by atoms with van der Waals surface area (Å²) in [5.74, 6) is -0.675. The van der Waals surface area contributed by atoms with Crippen molar-refractivity contribution in [2.24, 2.45) is 0 Å². The van der Waals surface area contributed by atoms with Crippen LogP contribution in [0.4, 0.5) is 8.78 Å². The van der Waals surface area contributed by atoms with Crippen molar-refractivity contribution in [3.8, 4) is 11.3 Å². The van der Waals surface area contributed by atoms with Gasteiger partial charge in [0.25, 0.3) is 0 Å². The summed E-state index contributed by atoms with van der Waals surface area (Å²) in [6.07, 6.45) is 4.52. The fourth-order valence-corrected chi connectivity index (χ4v) is 1.98. The Labute approximate surface area is 114 Å². The van der Waals surface area contributed by atoms with Crippen molar-refractivity contribution in [3.05, 3.63) is 72.2 Å². The van der Waals surface area contributed by atoms with E-state index < -0.39 is 0 Å². The average molecular weight is 271 g/mol. The molecular formula is C15H11F2N3. The van der Waals surface area contributed by atoms with Crippen molar-refractivity contribution in [2.75, 3.05) is 0 Å². The number of rotatable bonds is 3. The van der Waals surface area contributed by atoms with Crippen molar-refractivity contribution in [1.29, 1.82) is 0 Å². The molecule has 0 atom stereocenters. The number of benzene rings is 1. The lowest BCUT2D eigenvalue weighted by molar-refractivity contribution is 0.611. The highest BCUT2D eigenvalue weighted by atomic mass is 19.1. The number of hydrogen-bond acceptors (Lipinski definition) is 2. The van der Waals surface area contributed by atoms with Gasteiger partial charge in [-0.05, 0) is 29.8 Å². The normalized spacial score (nSPS) is 10.7. The van der Waals surface area contributed by atoms with Gasteiger partial charge in [-0.1, -0.05) is 12.1 Å². The summed E-state index contributed by atoms with van der Waals surface area (Å²) >= 11 is 0. The quantitative estimate of drug-likeness (QED) is 0.732. The third-order valence-electron chi connectivity index (χ3n) is 2.87. The Morgan fingerprint density at radius 2 is 1.90 bits per heavy atom. The highest BCUT2D eigenvalue weighted by Crippen LogP contribution is 2.18. The summed E-state index contributed by atoms with van der Waals surface area (Å²) in [6, 6.07) is 9.45. The van der Waals surface area contributed by atoms with Crippen LogP contribution in [0.5, 0.6) is 0 Å². The molecular weight excluding hydrogens is 260 g/mol. The van der Waals surface area contributed by atoms with Crippen LogP contribution in [0.1, 0.15) is 5.56 Å². The van der Waals surface area contributed by atoms with E-state index in [2.05, 4.69) is 10.1 Å². The van der Waals surface area contributed by atoms with Gasteiger partial charge in [0.15, 0.2) is 0 Å². The summed E-state index contributed by atoms with van der Waals surface area (Å²) in [4.78, 5) is 3.79. The van der Waals surface area contributed by atoms with Crippen LogP contribution in [0.25, 0.3) is 11.3 Å². The molecule has 0 saturated carbocycles. The Morgan fingerprint density at radius 3 is 2.70 bits per heavy atom. The van der Waals surface area contributed by atoms with Crippen LogP contribution in [-0.2, 0) is 6.54 Å². The Morgan fingerprint density at radius 1 is 1.00 bits per heavy atom. The first-order chi connectivity index (χ1) is 9.70. The van der Waals surface area contributed by atoms with Crippen LogP contribution < -0.4 is 0 Å². The number of halogens is 2. The zero-order valence-corrected chi connectivity index (χ0v) is 10.5. The molecule has 5 heteroatoms. The van der Waals surface area contributed by atoms with E-state index in [0.717, 1.165) is 11.8 Å². The lowest BCUT2D eigenvalue weighted by atomic mass is 10.1. The van der Waals surface area contributed by atoms with Gasteiger partial charge in [0, 0.05) is 18.0 Å².